The molecule has 2 aromatic rings. The van der Waals surface area contributed by atoms with Crippen molar-refractivity contribution in [2.45, 2.75) is 13.5 Å². The summed E-state index contributed by atoms with van der Waals surface area (Å²) in [5.41, 5.74) is 1.71. The summed E-state index contributed by atoms with van der Waals surface area (Å²) in [6.07, 6.45) is 0. The van der Waals surface area contributed by atoms with E-state index in [0.29, 0.717) is 21.7 Å². The van der Waals surface area contributed by atoms with Gasteiger partial charge in [0.2, 0.25) is 0 Å². The number of esters is 1. The monoisotopic (exact) mass is 412 g/mol. The van der Waals surface area contributed by atoms with Gasteiger partial charge in [-0.3, -0.25) is 0 Å². The van der Waals surface area contributed by atoms with Crippen LogP contribution in [0.25, 0.3) is 0 Å². The van der Waals surface area contributed by atoms with Gasteiger partial charge in [0.1, 0.15) is 18.2 Å². The smallest absolute Gasteiger partial charge is 0.344 e. The predicted molar refractivity (Wildman–Crippen MR) is 93.7 cm³/mol. The molecular formula is C18H18BrFO5. The highest BCUT2D eigenvalue weighted by Gasteiger charge is 2.12. The average molecular weight is 413 g/mol. The molecule has 0 atom stereocenters. The van der Waals surface area contributed by atoms with Crippen LogP contribution in [0.2, 0.25) is 0 Å². The Bertz CT molecular complexity index is 763. The van der Waals surface area contributed by atoms with Crippen LogP contribution in [0.15, 0.2) is 34.8 Å². The molecule has 2 aromatic carbocycles. The van der Waals surface area contributed by atoms with Gasteiger partial charge in [0.25, 0.3) is 0 Å². The third kappa shape index (κ3) is 5.09. The number of rotatable bonds is 7. The Balaban J connectivity index is 1.93. The van der Waals surface area contributed by atoms with Gasteiger partial charge in [0.15, 0.2) is 18.1 Å². The molecule has 0 aliphatic carbocycles. The topological polar surface area (TPSA) is 54.0 Å². The number of halogens is 2. The van der Waals surface area contributed by atoms with E-state index in [0.717, 1.165) is 11.1 Å². The van der Waals surface area contributed by atoms with Gasteiger partial charge in [0, 0.05) is 0 Å². The van der Waals surface area contributed by atoms with Crippen molar-refractivity contribution < 1.29 is 28.1 Å². The number of methoxy groups -OCH3 is 2. The number of carbonyl (C=O) groups is 1. The molecule has 0 amide bonds. The summed E-state index contributed by atoms with van der Waals surface area (Å²) < 4.78 is 34.4. The molecule has 0 spiro atoms. The molecule has 0 bridgehead atoms. The van der Waals surface area contributed by atoms with E-state index in [-0.39, 0.29) is 13.2 Å². The molecule has 0 heterocycles. The summed E-state index contributed by atoms with van der Waals surface area (Å²) in [6.45, 7) is 1.69. The highest BCUT2D eigenvalue weighted by Crippen LogP contribution is 2.30. The second-order valence-corrected chi connectivity index (χ2v) is 6.01. The first-order valence-corrected chi connectivity index (χ1v) is 8.19. The number of benzene rings is 2. The third-order valence-corrected chi connectivity index (χ3v) is 4.09. The maximum Gasteiger partial charge on any atom is 0.344 e. The highest BCUT2D eigenvalue weighted by molar-refractivity contribution is 9.10. The van der Waals surface area contributed by atoms with Crippen LogP contribution in [0.1, 0.15) is 11.1 Å². The first-order valence-electron chi connectivity index (χ1n) is 7.39. The molecule has 5 nitrogen and oxygen atoms in total. The SMILES string of the molecule is COc1cc(C)c(COC(=O)COc2ccc(F)cc2Br)cc1OC. The fraction of sp³-hybridized carbons (Fsp3) is 0.278. The molecule has 0 radical (unpaired) electrons. The molecule has 0 aromatic heterocycles. The van der Waals surface area contributed by atoms with Crippen LogP contribution < -0.4 is 14.2 Å². The highest BCUT2D eigenvalue weighted by atomic mass is 79.9. The van der Waals surface area contributed by atoms with Crippen molar-refractivity contribution in [2.24, 2.45) is 0 Å². The van der Waals surface area contributed by atoms with Crippen molar-refractivity contribution in [2.75, 3.05) is 20.8 Å². The van der Waals surface area contributed by atoms with E-state index in [2.05, 4.69) is 15.9 Å². The van der Waals surface area contributed by atoms with Crippen LogP contribution in [0.3, 0.4) is 0 Å². The Kier molecular flexibility index (Phi) is 6.64. The fourth-order valence-corrected chi connectivity index (χ4v) is 2.57. The first kappa shape index (κ1) is 19.1. The molecule has 25 heavy (non-hydrogen) atoms. The van der Waals surface area contributed by atoms with Crippen molar-refractivity contribution in [1.82, 2.24) is 0 Å². The summed E-state index contributed by atoms with van der Waals surface area (Å²) in [5.74, 6) is 0.599. The minimum atomic E-state index is -0.537. The average Bonchev–Trinajstić information content (AvgIpc) is 2.59. The van der Waals surface area contributed by atoms with Gasteiger partial charge in [0.05, 0.1) is 18.7 Å². The molecule has 0 saturated carbocycles. The van der Waals surface area contributed by atoms with E-state index in [1.165, 1.54) is 25.3 Å². The quantitative estimate of drug-likeness (QED) is 0.642. The molecular weight excluding hydrogens is 395 g/mol. The van der Waals surface area contributed by atoms with Crippen molar-refractivity contribution in [1.29, 1.82) is 0 Å². The van der Waals surface area contributed by atoms with Crippen molar-refractivity contribution in [3.8, 4) is 17.2 Å². The zero-order valence-corrected chi connectivity index (χ0v) is 15.7. The molecule has 0 aliphatic rings. The van der Waals surface area contributed by atoms with Crippen LogP contribution in [0, 0.1) is 12.7 Å². The Morgan fingerprint density at radius 1 is 1.08 bits per heavy atom. The first-order chi connectivity index (χ1) is 11.9. The second kappa shape index (κ2) is 8.71. The van der Waals surface area contributed by atoms with Gasteiger partial charge in [-0.1, -0.05) is 0 Å². The molecule has 0 saturated heterocycles. The molecule has 134 valence electrons. The lowest BCUT2D eigenvalue weighted by Gasteiger charge is -2.13. The van der Waals surface area contributed by atoms with Crippen LogP contribution >= 0.6 is 15.9 Å². The van der Waals surface area contributed by atoms with E-state index >= 15 is 0 Å². The second-order valence-electron chi connectivity index (χ2n) is 5.16. The van der Waals surface area contributed by atoms with Gasteiger partial charge in [-0.25, -0.2) is 9.18 Å². The number of aryl methyl sites for hydroxylation is 1. The van der Waals surface area contributed by atoms with Crippen molar-refractivity contribution in [3.63, 3.8) is 0 Å². The van der Waals surface area contributed by atoms with Gasteiger partial charge < -0.3 is 18.9 Å². The van der Waals surface area contributed by atoms with Gasteiger partial charge in [-0.15, -0.1) is 0 Å². The molecule has 0 aliphatic heterocycles. The number of ether oxygens (including phenoxy) is 4. The van der Waals surface area contributed by atoms with Crippen LogP contribution in [0.5, 0.6) is 17.2 Å². The standard InChI is InChI=1S/C18H18BrFO5/c1-11-6-16(22-2)17(23-3)7-12(11)9-25-18(21)10-24-15-5-4-13(20)8-14(15)19/h4-8H,9-10H2,1-3H3. The number of hydrogen-bond acceptors (Lipinski definition) is 5. The third-order valence-electron chi connectivity index (χ3n) is 3.47. The molecule has 7 heteroatoms. The minimum absolute atomic E-state index is 0.0823. The van der Waals surface area contributed by atoms with Gasteiger partial charge >= 0.3 is 5.97 Å². The Hall–Kier alpha value is -2.28. The Morgan fingerprint density at radius 3 is 2.40 bits per heavy atom. The van der Waals surface area contributed by atoms with E-state index in [1.807, 2.05) is 13.0 Å². The zero-order chi connectivity index (χ0) is 18.4. The largest absolute Gasteiger partial charge is 0.493 e. The fourth-order valence-electron chi connectivity index (χ4n) is 2.11. The lowest BCUT2D eigenvalue weighted by molar-refractivity contribution is -0.147. The lowest BCUT2D eigenvalue weighted by Crippen LogP contribution is -2.15. The molecule has 0 fully saturated rings. The summed E-state index contributed by atoms with van der Waals surface area (Å²) >= 11 is 3.17. The number of carbonyl (C=O) groups excluding carboxylic acids is 1. The minimum Gasteiger partial charge on any atom is -0.493 e. The van der Waals surface area contributed by atoms with E-state index in [9.17, 15) is 9.18 Å². The summed E-state index contributed by atoms with van der Waals surface area (Å²) in [4.78, 5) is 11.9. The normalized spacial score (nSPS) is 10.3. The molecule has 0 unspecified atom stereocenters. The summed E-state index contributed by atoms with van der Waals surface area (Å²) in [5, 5.41) is 0. The predicted octanol–water partition coefficient (Wildman–Crippen LogP) is 4.04. The van der Waals surface area contributed by atoms with Crippen LogP contribution in [0.4, 0.5) is 4.39 Å². The van der Waals surface area contributed by atoms with Gasteiger partial charge in [-0.2, -0.15) is 0 Å². The van der Waals surface area contributed by atoms with Crippen molar-refractivity contribution >= 4 is 21.9 Å². The molecule has 0 N–H and O–H groups in total. The maximum atomic E-state index is 13.0. The summed E-state index contributed by atoms with van der Waals surface area (Å²) in [7, 11) is 3.10. The molecule has 2 rings (SSSR count). The van der Waals surface area contributed by atoms with E-state index in [1.54, 1.807) is 13.2 Å². The van der Waals surface area contributed by atoms with Gasteiger partial charge in [-0.05, 0) is 64.3 Å². The Labute approximate surface area is 153 Å². The van der Waals surface area contributed by atoms with Crippen LogP contribution in [-0.4, -0.2) is 26.8 Å². The van der Waals surface area contributed by atoms with Crippen molar-refractivity contribution in [3.05, 3.63) is 51.7 Å². The van der Waals surface area contributed by atoms with Crippen LogP contribution in [-0.2, 0) is 16.1 Å². The zero-order valence-electron chi connectivity index (χ0n) is 14.1. The maximum absolute atomic E-state index is 13.0. The Morgan fingerprint density at radius 2 is 1.76 bits per heavy atom. The van der Waals surface area contributed by atoms with E-state index in [4.69, 9.17) is 18.9 Å². The number of hydrogen-bond donors (Lipinski definition) is 0. The lowest BCUT2D eigenvalue weighted by atomic mass is 10.1. The summed E-state index contributed by atoms with van der Waals surface area (Å²) in [6, 6.07) is 7.52. The van der Waals surface area contributed by atoms with E-state index < -0.39 is 11.8 Å².